The van der Waals surface area contributed by atoms with Gasteiger partial charge in [0.1, 0.15) is 0 Å². The monoisotopic (exact) mass is 333 g/mol. The molecule has 0 spiro atoms. The number of hydrogen-bond donors (Lipinski definition) is 1. The lowest BCUT2D eigenvalue weighted by molar-refractivity contribution is 0.339. The standard InChI is InChI=1S/C12H20IN3/c13-12-9-15-16(10-12)7-6-14-8-11-4-2-1-3-5-11/h9-11,14H,1-8H2. The summed E-state index contributed by atoms with van der Waals surface area (Å²) >= 11 is 2.29. The van der Waals surface area contributed by atoms with E-state index in [1.807, 2.05) is 10.9 Å². The Labute approximate surface area is 111 Å². The molecular weight excluding hydrogens is 313 g/mol. The highest BCUT2D eigenvalue weighted by Gasteiger charge is 2.12. The zero-order chi connectivity index (χ0) is 11.2. The van der Waals surface area contributed by atoms with Crippen molar-refractivity contribution >= 4 is 22.6 Å². The summed E-state index contributed by atoms with van der Waals surface area (Å²) in [6.07, 6.45) is 11.2. The quantitative estimate of drug-likeness (QED) is 0.663. The van der Waals surface area contributed by atoms with E-state index < -0.39 is 0 Å². The molecule has 3 nitrogen and oxygen atoms in total. The molecule has 0 amide bonds. The minimum atomic E-state index is 0.923. The maximum absolute atomic E-state index is 4.27. The Morgan fingerprint density at radius 2 is 2.19 bits per heavy atom. The molecule has 2 rings (SSSR count). The first-order chi connectivity index (χ1) is 7.84. The second kappa shape index (κ2) is 6.59. The van der Waals surface area contributed by atoms with Gasteiger partial charge in [-0.1, -0.05) is 19.3 Å². The lowest BCUT2D eigenvalue weighted by Gasteiger charge is -2.21. The van der Waals surface area contributed by atoms with E-state index in [9.17, 15) is 0 Å². The third-order valence-electron chi connectivity index (χ3n) is 3.28. The van der Waals surface area contributed by atoms with Crippen LogP contribution >= 0.6 is 22.6 Å². The molecule has 1 N–H and O–H groups in total. The number of hydrogen-bond acceptors (Lipinski definition) is 2. The van der Waals surface area contributed by atoms with E-state index in [1.54, 1.807) is 0 Å². The maximum atomic E-state index is 4.27. The van der Waals surface area contributed by atoms with Crippen LogP contribution in [0.3, 0.4) is 0 Å². The van der Waals surface area contributed by atoms with Gasteiger partial charge in [-0.05, 0) is 47.9 Å². The summed E-state index contributed by atoms with van der Waals surface area (Å²) in [6, 6.07) is 0. The molecule has 1 aliphatic rings. The highest BCUT2D eigenvalue weighted by molar-refractivity contribution is 14.1. The Balaban J connectivity index is 1.57. The van der Waals surface area contributed by atoms with Gasteiger partial charge in [0.2, 0.25) is 0 Å². The summed E-state index contributed by atoms with van der Waals surface area (Å²) in [5.74, 6) is 0.923. The van der Waals surface area contributed by atoms with Gasteiger partial charge in [-0.2, -0.15) is 5.10 Å². The normalized spacial score (nSPS) is 17.8. The van der Waals surface area contributed by atoms with Crippen LogP contribution in [-0.4, -0.2) is 22.9 Å². The molecule has 1 aromatic rings. The smallest absolute Gasteiger partial charge is 0.0623 e. The molecule has 0 saturated heterocycles. The van der Waals surface area contributed by atoms with E-state index in [1.165, 1.54) is 42.2 Å². The first kappa shape index (κ1) is 12.4. The van der Waals surface area contributed by atoms with Crippen LogP contribution in [0.2, 0.25) is 0 Å². The summed E-state index contributed by atoms with van der Waals surface area (Å²) in [6.45, 7) is 3.21. The van der Waals surface area contributed by atoms with E-state index in [0.717, 1.165) is 19.0 Å². The first-order valence-corrected chi connectivity index (χ1v) is 7.31. The van der Waals surface area contributed by atoms with E-state index in [0.29, 0.717) is 0 Å². The summed E-state index contributed by atoms with van der Waals surface area (Å²) in [7, 11) is 0. The molecule has 0 radical (unpaired) electrons. The second-order valence-electron chi connectivity index (χ2n) is 4.63. The Kier molecular flexibility index (Phi) is 5.09. The third kappa shape index (κ3) is 4.05. The van der Waals surface area contributed by atoms with Crippen LogP contribution in [0.5, 0.6) is 0 Å². The molecule has 0 aliphatic heterocycles. The molecule has 16 heavy (non-hydrogen) atoms. The van der Waals surface area contributed by atoms with Crippen LogP contribution < -0.4 is 5.32 Å². The van der Waals surface area contributed by atoms with Crippen molar-refractivity contribution in [3.63, 3.8) is 0 Å². The van der Waals surface area contributed by atoms with Gasteiger partial charge >= 0.3 is 0 Å². The fourth-order valence-electron chi connectivity index (χ4n) is 2.35. The Bertz CT molecular complexity index is 305. The third-order valence-corrected chi connectivity index (χ3v) is 3.83. The number of nitrogens with zero attached hydrogens (tertiary/aromatic N) is 2. The summed E-state index contributed by atoms with van der Waals surface area (Å²) in [5.41, 5.74) is 0. The van der Waals surface area contributed by atoms with Crippen LogP contribution in [0.15, 0.2) is 12.4 Å². The highest BCUT2D eigenvalue weighted by Crippen LogP contribution is 2.22. The van der Waals surface area contributed by atoms with Crippen molar-refractivity contribution in [2.45, 2.75) is 38.6 Å². The molecule has 1 aliphatic carbocycles. The lowest BCUT2D eigenvalue weighted by Crippen LogP contribution is -2.27. The molecule has 1 heterocycles. The number of aromatic nitrogens is 2. The molecule has 0 aromatic carbocycles. The van der Waals surface area contributed by atoms with Crippen molar-refractivity contribution in [1.82, 2.24) is 15.1 Å². The first-order valence-electron chi connectivity index (χ1n) is 6.23. The highest BCUT2D eigenvalue weighted by atomic mass is 127. The molecule has 4 heteroatoms. The second-order valence-corrected chi connectivity index (χ2v) is 5.88. The van der Waals surface area contributed by atoms with Crippen LogP contribution in [-0.2, 0) is 6.54 Å². The largest absolute Gasteiger partial charge is 0.315 e. The molecule has 0 unspecified atom stereocenters. The van der Waals surface area contributed by atoms with Crippen molar-refractivity contribution < 1.29 is 0 Å². The van der Waals surface area contributed by atoms with E-state index in [4.69, 9.17) is 0 Å². The molecule has 1 fully saturated rings. The molecule has 1 saturated carbocycles. The summed E-state index contributed by atoms with van der Waals surface area (Å²) in [5, 5.41) is 7.82. The number of rotatable bonds is 5. The van der Waals surface area contributed by atoms with E-state index >= 15 is 0 Å². The van der Waals surface area contributed by atoms with Crippen molar-refractivity contribution in [2.75, 3.05) is 13.1 Å². The Morgan fingerprint density at radius 1 is 1.38 bits per heavy atom. The van der Waals surface area contributed by atoms with Gasteiger partial charge in [0, 0.05) is 12.7 Å². The van der Waals surface area contributed by atoms with E-state index in [-0.39, 0.29) is 0 Å². The minimum absolute atomic E-state index is 0.923. The van der Waals surface area contributed by atoms with Gasteiger partial charge < -0.3 is 5.32 Å². The Hall–Kier alpha value is -0.100. The predicted molar refractivity (Wildman–Crippen MR) is 74.4 cm³/mol. The number of halogens is 1. The van der Waals surface area contributed by atoms with Crippen LogP contribution in [0.25, 0.3) is 0 Å². The summed E-state index contributed by atoms with van der Waals surface area (Å²) in [4.78, 5) is 0. The minimum Gasteiger partial charge on any atom is -0.315 e. The zero-order valence-electron chi connectivity index (χ0n) is 9.66. The van der Waals surface area contributed by atoms with Crippen LogP contribution in [0.4, 0.5) is 0 Å². The van der Waals surface area contributed by atoms with Crippen LogP contribution in [0.1, 0.15) is 32.1 Å². The average molecular weight is 333 g/mol. The topological polar surface area (TPSA) is 29.9 Å². The van der Waals surface area contributed by atoms with E-state index in [2.05, 4.69) is 39.2 Å². The van der Waals surface area contributed by atoms with Crippen molar-refractivity contribution in [1.29, 1.82) is 0 Å². The Morgan fingerprint density at radius 3 is 2.88 bits per heavy atom. The molecule has 90 valence electrons. The van der Waals surface area contributed by atoms with Crippen LogP contribution in [0, 0.1) is 9.49 Å². The van der Waals surface area contributed by atoms with Crippen molar-refractivity contribution in [2.24, 2.45) is 5.92 Å². The fraction of sp³-hybridized carbons (Fsp3) is 0.750. The zero-order valence-corrected chi connectivity index (χ0v) is 11.8. The SMILES string of the molecule is Ic1cnn(CCNCC2CCCCC2)c1. The van der Waals surface area contributed by atoms with Gasteiger partial charge in [0.05, 0.1) is 16.3 Å². The van der Waals surface area contributed by atoms with Gasteiger partial charge in [0.15, 0.2) is 0 Å². The average Bonchev–Trinajstić information content (AvgIpc) is 2.72. The molecular formula is C12H20IN3. The molecule has 0 atom stereocenters. The summed E-state index contributed by atoms with van der Waals surface area (Å²) < 4.78 is 3.22. The molecule has 0 bridgehead atoms. The van der Waals surface area contributed by atoms with Crippen molar-refractivity contribution in [3.05, 3.63) is 16.0 Å². The lowest BCUT2D eigenvalue weighted by atomic mass is 9.89. The molecule has 1 aromatic heterocycles. The van der Waals surface area contributed by atoms with Gasteiger partial charge in [-0.15, -0.1) is 0 Å². The van der Waals surface area contributed by atoms with Gasteiger partial charge in [-0.3, -0.25) is 4.68 Å². The van der Waals surface area contributed by atoms with Gasteiger partial charge in [-0.25, -0.2) is 0 Å². The predicted octanol–water partition coefficient (Wildman–Crippen LogP) is 2.66. The van der Waals surface area contributed by atoms with Gasteiger partial charge in [0.25, 0.3) is 0 Å². The number of nitrogens with one attached hydrogen (secondary N) is 1. The maximum Gasteiger partial charge on any atom is 0.0623 e. The van der Waals surface area contributed by atoms with Crippen molar-refractivity contribution in [3.8, 4) is 0 Å². The fourth-order valence-corrected chi connectivity index (χ4v) is 2.80.